The number of rotatable bonds is 11. The van der Waals surface area contributed by atoms with E-state index in [0.717, 1.165) is 88.9 Å². The highest BCUT2D eigenvalue weighted by molar-refractivity contribution is 7.90. The lowest BCUT2D eigenvalue weighted by atomic mass is 9.96. The lowest BCUT2D eigenvalue weighted by molar-refractivity contribution is -0.139. The maximum atomic E-state index is 12.8. The first-order chi connectivity index (χ1) is 17.8. The summed E-state index contributed by atoms with van der Waals surface area (Å²) in [5.74, 6) is -0.713. The Hall–Kier alpha value is -1.95. The van der Waals surface area contributed by atoms with Crippen molar-refractivity contribution in [1.82, 2.24) is 19.9 Å². The van der Waals surface area contributed by atoms with Gasteiger partial charge in [-0.2, -0.15) is 4.72 Å². The van der Waals surface area contributed by atoms with Crippen molar-refractivity contribution in [3.8, 4) is 0 Å². The van der Waals surface area contributed by atoms with Crippen molar-refractivity contribution in [1.29, 1.82) is 0 Å². The molecule has 2 atom stereocenters. The molecule has 1 amide bonds. The Morgan fingerprint density at radius 3 is 2.68 bits per heavy atom. The number of pyridine rings is 1. The van der Waals surface area contributed by atoms with Crippen LogP contribution < -0.4 is 15.4 Å². The fourth-order valence-electron chi connectivity index (χ4n) is 5.66. The maximum absolute atomic E-state index is 12.8. The molecule has 1 aromatic heterocycles. The number of amides is 1. The minimum absolute atomic E-state index is 0. The van der Waals surface area contributed by atoms with Crippen molar-refractivity contribution in [3.63, 3.8) is 0 Å². The molecule has 0 radical (unpaired) electrons. The van der Waals surface area contributed by atoms with E-state index >= 15 is 0 Å². The van der Waals surface area contributed by atoms with Crippen molar-refractivity contribution in [2.75, 3.05) is 38.0 Å². The van der Waals surface area contributed by atoms with Crippen LogP contribution in [0.25, 0.3) is 0 Å². The number of carboxylic acid groups (broad SMARTS) is 1. The summed E-state index contributed by atoms with van der Waals surface area (Å²) in [6, 6.07) is 2.92. The van der Waals surface area contributed by atoms with Gasteiger partial charge in [-0.05, 0) is 76.1 Å². The number of piperidine rings is 1. The molecule has 4 rings (SSSR count). The number of likely N-dealkylation sites (tertiary alicyclic amines) is 1. The second-order valence-corrected chi connectivity index (χ2v) is 12.6. The van der Waals surface area contributed by atoms with E-state index in [1.165, 1.54) is 5.56 Å². The number of aromatic nitrogens is 1. The van der Waals surface area contributed by atoms with E-state index in [-0.39, 0.29) is 30.8 Å². The van der Waals surface area contributed by atoms with E-state index in [0.29, 0.717) is 19.4 Å². The van der Waals surface area contributed by atoms with Crippen molar-refractivity contribution in [2.24, 2.45) is 5.92 Å². The quantitative estimate of drug-likeness (QED) is 0.317. The molecule has 0 bridgehead atoms. The van der Waals surface area contributed by atoms with Gasteiger partial charge in [-0.1, -0.05) is 25.3 Å². The predicted molar refractivity (Wildman–Crippen MR) is 149 cm³/mol. The van der Waals surface area contributed by atoms with Crippen molar-refractivity contribution in [2.45, 2.75) is 81.9 Å². The van der Waals surface area contributed by atoms with E-state index in [4.69, 9.17) is 4.98 Å². The second kappa shape index (κ2) is 14.4. The molecule has 1 unspecified atom stereocenters. The summed E-state index contributed by atoms with van der Waals surface area (Å²) in [5, 5.41) is 15.1. The van der Waals surface area contributed by atoms with E-state index in [1.807, 2.05) is 0 Å². The zero-order valence-electron chi connectivity index (χ0n) is 22.0. The highest BCUT2D eigenvalue weighted by Gasteiger charge is 2.33. The Balaban J connectivity index is 0.00000400. The topological polar surface area (TPSA) is 141 Å². The molecule has 2 fully saturated rings. The number of aliphatic carboxylic acids is 1. The molecule has 3 heterocycles. The van der Waals surface area contributed by atoms with Crippen molar-refractivity contribution in [3.05, 3.63) is 23.4 Å². The van der Waals surface area contributed by atoms with Crippen LogP contribution in [0.15, 0.2) is 12.1 Å². The van der Waals surface area contributed by atoms with Crippen LogP contribution >= 0.6 is 12.4 Å². The molecule has 38 heavy (non-hydrogen) atoms. The smallest absolute Gasteiger partial charge is 0.323 e. The van der Waals surface area contributed by atoms with Gasteiger partial charge in [-0.3, -0.25) is 9.59 Å². The van der Waals surface area contributed by atoms with Crippen LogP contribution in [0, 0.1) is 5.92 Å². The third-order valence-corrected chi connectivity index (χ3v) is 9.77. The Morgan fingerprint density at radius 1 is 1.13 bits per heavy atom. The molecule has 1 aromatic rings. The van der Waals surface area contributed by atoms with Crippen LogP contribution in [0.1, 0.15) is 69.0 Å². The Kier molecular flexibility index (Phi) is 11.6. The summed E-state index contributed by atoms with van der Waals surface area (Å²) in [7, 11) is -3.75. The Bertz CT molecular complexity index is 1050. The molecule has 1 aliphatic carbocycles. The second-order valence-electron chi connectivity index (χ2n) is 10.6. The number of carbonyl (C=O) groups is 2. The average molecular weight is 572 g/mol. The third kappa shape index (κ3) is 8.53. The molecule has 0 spiro atoms. The van der Waals surface area contributed by atoms with Crippen LogP contribution in [0.5, 0.6) is 0 Å². The van der Waals surface area contributed by atoms with Gasteiger partial charge in [0.05, 0.1) is 11.2 Å². The minimum atomic E-state index is -3.75. The number of hydrogen-bond donors (Lipinski definition) is 4. The number of hydrogen-bond acceptors (Lipinski definition) is 7. The highest BCUT2D eigenvalue weighted by atomic mass is 35.5. The summed E-state index contributed by atoms with van der Waals surface area (Å²) < 4.78 is 27.7. The number of halogens is 1. The normalized spacial score (nSPS) is 21.4. The first-order valence-corrected chi connectivity index (χ1v) is 15.3. The van der Waals surface area contributed by atoms with Crippen LogP contribution in [0.2, 0.25) is 0 Å². The lowest BCUT2D eigenvalue weighted by Gasteiger charge is -2.32. The van der Waals surface area contributed by atoms with E-state index in [9.17, 15) is 23.1 Å². The summed E-state index contributed by atoms with van der Waals surface area (Å²) in [5.41, 5.74) is 2.36. The predicted octanol–water partition coefficient (Wildman–Crippen LogP) is 2.33. The summed E-state index contributed by atoms with van der Waals surface area (Å²) in [4.78, 5) is 31.6. The molecule has 12 heteroatoms. The highest BCUT2D eigenvalue weighted by Crippen LogP contribution is 2.24. The van der Waals surface area contributed by atoms with Crippen LogP contribution in [0.4, 0.5) is 5.82 Å². The van der Waals surface area contributed by atoms with E-state index < -0.39 is 27.3 Å². The van der Waals surface area contributed by atoms with Crippen LogP contribution in [-0.2, 0) is 32.5 Å². The molecule has 3 aliphatic rings. The van der Waals surface area contributed by atoms with Gasteiger partial charge in [-0.25, -0.2) is 13.4 Å². The number of aryl methyl sites for hydroxylation is 2. The number of fused-ring (bicyclic) bond motifs is 1. The zero-order chi connectivity index (χ0) is 26.3. The molecular weight excluding hydrogens is 530 g/mol. The van der Waals surface area contributed by atoms with Crippen molar-refractivity contribution < 1.29 is 23.1 Å². The van der Waals surface area contributed by atoms with Crippen LogP contribution in [0.3, 0.4) is 0 Å². The van der Waals surface area contributed by atoms with E-state index in [2.05, 4.69) is 32.4 Å². The molecular formula is C26H42ClN5O5S. The van der Waals surface area contributed by atoms with Gasteiger partial charge >= 0.3 is 5.97 Å². The van der Waals surface area contributed by atoms with Gasteiger partial charge in [0, 0.05) is 25.3 Å². The maximum Gasteiger partial charge on any atom is 0.323 e. The SMILES string of the molecule is Cl.O=C(O)C(CNC(=O)[C@@H]1CCCN(CCCc2ccc3c(n2)NCCC3)C1)NS(=O)(=O)C1CCCCC1. The van der Waals surface area contributed by atoms with Crippen molar-refractivity contribution >= 4 is 40.1 Å². The lowest BCUT2D eigenvalue weighted by Crippen LogP contribution is -2.52. The summed E-state index contributed by atoms with van der Waals surface area (Å²) in [6.45, 7) is 3.14. The number of anilines is 1. The molecule has 2 aliphatic heterocycles. The number of nitrogens with one attached hydrogen (secondary N) is 3. The minimum Gasteiger partial charge on any atom is -0.480 e. The molecule has 0 aromatic carbocycles. The monoisotopic (exact) mass is 571 g/mol. The molecule has 4 N–H and O–H groups in total. The summed E-state index contributed by atoms with van der Waals surface area (Å²) in [6.07, 6.45) is 9.45. The van der Waals surface area contributed by atoms with Crippen LogP contribution in [-0.4, -0.2) is 79.3 Å². The molecule has 10 nitrogen and oxygen atoms in total. The van der Waals surface area contributed by atoms with Gasteiger partial charge in [0.25, 0.3) is 0 Å². The number of carboxylic acids is 1. The fourth-order valence-corrected chi connectivity index (χ4v) is 7.39. The molecule has 214 valence electrons. The Labute approximate surface area is 232 Å². The average Bonchev–Trinajstić information content (AvgIpc) is 2.91. The molecule has 1 saturated carbocycles. The van der Waals surface area contributed by atoms with Gasteiger partial charge in [-0.15, -0.1) is 12.4 Å². The first kappa shape index (κ1) is 30.6. The van der Waals surface area contributed by atoms with Gasteiger partial charge in [0.1, 0.15) is 11.9 Å². The molecule has 1 saturated heterocycles. The van der Waals surface area contributed by atoms with Gasteiger partial charge < -0.3 is 20.6 Å². The standard InChI is InChI=1S/C26H41N5O5S.ClH/c32-25(28-17-23(26(33)34)30-37(35,36)22-10-2-1-3-11-22)20-8-5-15-31(18-20)16-6-9-21-13-12-19-7-4-14-27-24(19)29-21;/h12-13,20,22-23,30H,1-11,14-18H2,(H,27,29)(H,28,32)(H,33,34);1H/t20-,23?;/m1./s1. The fraction of sp³-hybridized carbons (Fsp3) is 0.731. The largest absolute Gasteiger partial charge is 0.480 e. The number of sulfonamides is 1. The van der Waals surface area contributed by atoms with E-state index in [1.54, 1.807) is 0 Å². The zero-order valence-corrected chi connectivity index (χ0v) is 23.6. The number of nitrogens with zero attached hydrogens (tertiary/aromatic N) is 2. The third-order valence-electron chi connectivity index (χ3n) is 7.81. The Morgan fingerprint density at radius 2 is 1.92 bits per heavy atom. The van der Waals surface area contributed by atoms with Gasteiger partial charge in [0.15, 0.2) is 0 Å². The first-order valence-electron chi connectivity index (χ1n) is 13.8. The summed E-state index contributed by atoms with van der Waals surface area (Å²) >= 11 is 0. The van der Waals surface area contributed by atoms with Gasteiger partial charge in [0.2, 0.25) is 15.9 Å². The number of carbonyl (C=O) groups excluding carboxylic acids is 1.